The maximum absolute atomic E-state index is 9.40. The molecule has 8 heteroatoms. The smallest absolute Gasteiger partial charge is 0.191 e. The first-order valence-electron chi connectivity index (χ1n) is 11.3. The summed E-state index contributed by atoms with van der Waals surface area (Å²) in [6.45, 7) is 13.9. The largest absolute Gasteiger partial charge is 0.492 e. The predicted octanol–water partition coefficient (Wildman–Crippen LogP) is 2.87. The molecule has 1 unspecified atom stereocenters. The summed E-state index contributed by atoms with van der Waals surface area (Å²) in [5, 5.41) is 16.1. The van der Waals surface area contributed by atoms with E-state index in [1.165, 1.54) is 0 Å². The Hall–Kier alpha value is -1.10. The van der Waals surface area contributed by atoms with Crippen LogP contribution >= 0.6 is 24.0 Å². The number of halogens is 1. The van der Waals surface area contributed by atoms with Gasteiger partial charge >= 0.3 is 0 Å². The Morgan fingerprint density at radius 2 is 1.94 bits per heavy atom. The molecule has 31 heavy (non-hydrogen) atoms. The molecule has 1 atom stereocenters. The standard InChI is InChI=1S/C23H40N4O3.HI/c1-4-24-22(26-18-23(11-14-28)12-15-29-19-23)25-17-20-7-9-21(10-8-20)30-16-13-27(5-2)6-3;/h7-10,28H,4-6,11-19H2,1-3H3,(H2,24,25,26);1H. The van der Waals surface area contributed by atoms with Crippen LogP contribution in [0.5, 0.6) is 5.75 Å². The van der Waals surface area contributed by atoms with Gasteiger partial charge in [-0.15, -0.1) is 24.0 Å². The second kappa shape index (κ2) is 15.7. The van der Waals surface area contributed by atoms with Gasteiger partial charge in [-0.1, -0.05) is 26.0 Å². The molecule has 1 aliphatic rings. The Kier molecular flexibility index (Phi) is 14.1. The lowest BCUT2D eigenvalue weighted by atomic mass is 9.84. The Bertz CT molecular complexity index is 618. The number of nitrogens with zero attached hydrogens (tertiary/aromatic N) is 2. The molecule has 1 aromatic carbocycles. The minimum atomic E-state index is -0.00490. The maximum Gasteiger partial charge on any atom is 0.191 e. The molecule has 1 aliphatic heterocycles. The Morgan fingerprint density at radius 3 is 2.52 bits per heavy atom. The zero-order chi connectivity index (χ0) is 21.7. The Balaban J connectivity index is 0.00000480. The fourth-order valence-electron chi connectivity index (χ4n) is 3.62. The number of benzene rings is 1. The van der Waals surface area contributed by atoms with E-state index in [2.05, 4.69) is 48.4 Å². The number of guanidine groups is 1. The van der Waals surface area contributed by atoms with Crippen LogP contribution in [0.25, 0.3) is 0 Å². The lowest BCUT2D eigenvalue weighted by Crippen LogP contribution is -2.44. The number of hydrogen-bond acceptors (Lipinski definition) is 5. The van der Waals surface area contributed by atoms with Crippen LogP contribution in [0.15, 0.2) is 29.3 Å². The molecule has 1 aromatic rings. The molecule has 1 saturated heterocycles. The van der Waals surface area contributed by atoms with E-state index in [0.29, 0.717) is 19.8 Å². The van der Waals surface area contributed by atoms with Crippen molar-refractivity contribution >= 4 is 29.9 Å². The van der Waals surface area contributed by atoms with Crippen molar-refractivity contribution in [2.75, 3.05) is 59.2 Å². The van der Waals surface area contributed by atoms with E-state index in [1.54, 1.807) is 0 Å². The maximum atomic E-state index is 9.40. The quantitative estimate of drug-likeness (QED) is 0.200. The van der Waals surface area contributed by atoms with Gasteiger partial charge in [0.15, 0.2) is 5.96 Å². The van der Waals surface area contributed by atoms with Crippen molar-refractivity contribution < 1.29 is 14.6 Å². The van der Waals surface area contributed by atoms with Gasteiger partial charge in [-0.05, 0) is 50.6 Å². The van der Waals surface area contributed by atoms with Crippen LogP contribution in [0.3, 0.4) is 0 Å². The third-order valence-electron chi connectivity index (χ3n) is 5.72. The SMILES string of the molecule is CCNC(=NCc1ccc(OCCN(CC)CC)cc1)NCC1(CCO)CCOC1.I. The van der Waals surface area contributed by atoms with Gasteiger partial charge in [-0.2, -0.15) is 0 Å². The van der Waals surface area contributed by atoms with E-state index < -0.39 is 0 Å². The average Bonchev–Trinajstić information content (AvgIpc) is 3.23. The van der Waals surface area contributed by atoms with Crippen molar-refractivity contribution in [3.05, 3.63) is 29.8 Å². The predicted molar refractivity (Wildman–Crippen MR) is 138 cm³/mol. The molecular weight excluding hydrogens is 507 g/mol. The van der Waals surface area contributed by atoms with Gasteiger partial charge < -0.3 is 30.1 Å². The summed E-state index contributed by atoms with van der Waals surface area (Å²) in [4.78, 5) is 7.06. The van der Waals surface area contributed by atoms with Gasteiger partial charge in [0.1, 0.15) is 12.4 Å². The first kappa shape index (κ1) is 27.9. The summed E-state index contributed by atoms with van der Waals surface area (Å²) in [7, 11) is 0. The monoisotopic (exact) mass is 548 g/mol. The third-order valence-corrected chi connectivity index (χ3v) is 5.72. The van der Waals surface area contributed by atoms with Gasteiger partial charge in [-0.25, -0.2) is 4.99 Å². The fraction of sp³-hybridized carbons (Fsp3) is 0.696. The minimum Gasteiger partial charge on any atom is -0.492 e. The number of aliphatic hydroxyl groups is 1. The molecule has 0 amide bonds. The molecule has 0 saturated carbocycles. The van der Waals surface area contributed by atoms with Gasteiger partial charge in [0.25, 0.3) is 0 Å². The molecule has 0 bridgehead atoms. The minimum absolute atomic E-state index is 0. The highest BCUT2D eigenvalue weighted by Gasteiger charge is 2.34. The fourth-order valence-corrected chi connectivity index (χ4v) is 3.62. The number of hydrogen-bond donors (Lipinski definition) is 3. The van der Waals surface area contributed by atoms with Crippen molar-refractivity contribution in [3.8, 4) is 5.75 Å². The van der Waals surface area contributed by atoms with E-state index in [9.17, 15) is 5.11 Å². The summed E-state index contributed by atoms with van der Waals surface area (Å²) in [5.41, 5.74) is 1.13. The molecule has 3 N–H and O–H groups in total. The van der Waals surface area contributed by atoms with Crippen molar-refractivity contribution in [3.63, 3.8) is 0 Å². The Labute approximate surface area is 205 Å². The highest BCUT2D eigenvalue weighted by atomic mass is 127. The molecule has 0 radical (unpaired) electrons. The van der Waals surface area contributed by atoms with Crippen molar-refractivity contribution in [1.29, 1.82) is 0 Å². The number of ether oxygens (including phenoxy) is 2. The van der Waals surface area contributed by atoms with Crippen LogP contribution in [0.2, 0.25) is 0 Å². The first-order valence-corrected chi connectivity index (χ1v) is 11.3. The van der Waals surface area contributed by atoms with Crippen LogP contribution in [0, 0.1) is 5.41 Å². The van der Waals surface area contributed by atoms with Crippen LogP contribution in [0.4, 0.5) is 0 Å². The first-order chi connectivity index (χ1) is 14.6. The zero-order valence-corrected chi connectivity index (χ0v) is 21.7. The Morgan fingerprint density at radius 1 is 1.19 bits per heavy atom. The molecule has 1 fully saturated rings. The number of aliphatic hydroxyl groups excluding tert-OH is 1. The highest BCUT2D eigenvalue weighted by molar-refractivity contribution is 14.0. The molecule has 2 rings (SSSR count). The topological polar surface area (TPSA) is 78.4 Å². The van der Waals surface area contributed by atoms with Crippen LogP contribution in [-0.2, 0) is 11.3 Å². The zero-order valence-electron chi connectivity index (χ0n) is 19.4. The second-order valence-corrected chi connectivity index (χ2v) is 7.84. The van der Waals surface area contributed by atoms with Gasteiger partial charge in [-0.3, -0.25) is 0 Å². The van der Waals surface area contributed by atoms with E-state index in [-0.39, 0.29) is 36.0 Å². The number of likely N-dealkylation sites (N-methyl/N-ethyl adjacent to an activating group) is 1. The van der Waals surface area contributed by atoms with E-state index in [0.717, 1.165) is 69.4 Å². The van der Waals surface area contributed by atoms with Gasteiger partial charge in [0, 0.05) is 38.3 Å². The van der Waals surface area contributed by atoms with E-state index >= 15 is 0 Å². The van der Waals surface area contributed by atoms with Gasteiger partial charge in [0.05, 0.1) is 13.2 Å². The summed E-state index contributed by atoms with van der Waals surface area (Å²) >= 11 is 0. The summed E-state index contributed by atoms with van der Waals surface area (Å²) < 4.78 is 11.4. The van der Waals surface area contributed by atoms with Crippen LogP contribution < -0.4 is 15.4 Å². The average molecular weight is 549 g/mol. The number of rotatable bonds is 13. The van der Waals surface area contributed by atoms with Crippen LogP contribution in [-0.4, -0.2) is 75.1 Å². The molecule has 0 aliphatic carbocycles. The van der Waals surface area contributed by atoms with Crippen molar-refractivity contribution in [2.45, 2.75) is 40.2 Å². The van der Waals surface area contributed by atoms with Gasteiger partial charge in [0.2, 0.25) is 0 Å². The second-order valence-electron chi connectivity index (χ2n) is 7.84. The lowest BCUT2D eigenvalue weighted by Gasteiger charge is -2.27. The lowest BCUT2D eigenvalue weighted by molar-refractivity contribution is 0.127. The third kappa shape index (κ3) is 9.93. The van der Waals surface area contributed by atoms with Crippen LogP contribution in [0.1, 0.15) is 39.2 Å². The summed E-state index contributed by atoms with van der Waals surface area (Å²) in [6, 6.07) is 8.16. The molecule has 0 aromatic heterocycles. The van der Waals surface area contributed by atoms with E-state index in [1.807, 2.05) is 12.1 Å². The number of aliphatic imine (C=N–C) groups is 1. The summed E-state index contributed by atoms with van der Waals surface area (Å²) in [6.07, 6.45) is 1.71. The molecule has 1 heterocycles. The number of nitrogens with one attached hydrogen (secondary N) is 2. The molecule has 0 spiro atoms. The van der Waals surface area contributed by atoms with Crippen molar-refractivity contribution in [2.24, 2.45) is 10.4 Å². The molecule has 7 nitrogen and oxygen atoms in total. The molecule has 178 valence electrons. The highest BCUT2D eigenvalue weighted by Crippen LogP contribution is 2.31. The van der Waals surface area contributed by atoms with E-state index in [4.69, 9.17) is 14.5 Å². The normalized spacial score (nSPS) is 18.7. The molecular formula is C23H41IN4O3. The van der Waals surface area contributed by atoms with Crippen molar-refractivity contribution in [1.82, 2.24) is 15.5 Å². The summed E-state index contributed by atoms with van der Waals surface area (Å²) in [5.74, 6) is 1.69.